The fraction of sp³-hybridized carbons (Fsp3) is 0.333. The summed E-state index contributed by atoms with van der Waals surface area (Å²) in [6.07, 6.45) is -0.561. The zero-order valence-corrected chi connectivity index (χ0v) is 23.6. The van der Waals surface area contributed by atoms with E-state index in [4.69, 9.17) is 14.6 Å². The van der Waals surface area contributed by atoms with E-state index in [1.165, 1.54) is 0 Å². The molecule has 1 N–H and O–H groups in total. The number of fused-ring (bicyclic) bond motifs is 1. The molecule has 1 unspecified atom stereocenters. The van der Waals surface area contributed by atoms with Crippen LogP contribution in [0.1, 0.15) is 66.1 Å². The Kier molecular flexibility index (Phi) is 7.90. The van der Waals surface area contributed by atoms with Crippen LogP contribution in [0.5, 0.6) is 0 Å². The average molecular weight is 540 g/mol. The molecular weight excluding hydrogens is 502 g/mol. The van der Waals surface area contributed by atoms with Crippen LogP contribution in [-0.2, 0) is 28.0 Å². The third-order valence-electron chi connectivity index (χ3n) is 7.22. The molecule has 7 heteroatoms. The summed E-state index contributed by atoms with van der Waals surface area (Å²) < 4.78 is 13.4. The average Bonchev–Trinajstić information content (AvgIpc) is 3.34. The standard InChI is InChI=1S/C33H37N3O4/c1-5-39-30(37)29-27-23-35(31(38)40-32(2,3)4)22-21-28(27)36(34-29)33(24-15-9-6-10-16-24,25-17-11-7-12-18-25)26-19-13-8-14-20-26/h6-20,31,38H,5,21-23H2,1-4H3. The van der Waals surface area contributed by atoms with Gasteiger partial charge in [-0.15, -0.1) is 0 Å². The fourth-order valence-electron chi connectivity index (χ4n) is 5.56. The highest BCUT2D eigenvalue weighted by Crippen LogP contribution is 2.43. The van der Waals surface area contributed by atoms with Gasteiger partial charge in [0, 0.05) is 30.8 Å². The maximum absolute atomic E-state index is 13.4. The molecule has 7 nitrogen and oxygen atoms in total. The summed E-state index contributed by atoms with van der Waals surface area (Å²) in [5, 5.41) is 16.0. The van der Waals surface area contributed by atoms with Gasteiger partial charge in [0.05, 0.1) is 12.2 Å². The zero-order chi connectivity index (χ0) is 28.3. The van der Waals surface area contributed by atoms with E-state index in [0.717, 1.165) is 27.9 Å². The number of benzene rings is 3. The smallest absolute Gasteiger partial charge is 0.359 e. The van der Waals surface area contributed by atoms with Crippen molar-refractivity contribution in [2.75, 3.05) is 13.2 Å². The molecule has 208 valence electrons. The van der Waals surface area contributed by atoms with Crippen LogP contribution < -0.4 is 0 Å². The molecule has 2 heterocycles. The molecule has 0 aliphatic carbocycles. The first-order valence-corrected chi connectivity index (χ1v) is 13.8. The number of aliphatic hydroxyl groups excluding tert-OH is 1. The number of hydrogen-bond acceptors (Lipinski definition) is 6. The number of hydrogen-bond donors (Lipinski definition) is 1. The normalized spacial score (nSPS) is 14.9. The van der Waals surface area contributed by atoms with Gasteiger partial charge in [-0.05, 0) is 44.4 Å². The van der Waals surface area contributed by atoms with E-state index in [9.17, 15) is 9.90 Å². The Labute approximate surface area is 236 Å². The Balaban J connectivity index is 1.78. The molecule has 0 saturated heterocycles. The molecule has 1 aliphatic heterocycles. The van der Waals surface area contributed by atoms with E-state index in [-0.39, 0.29) is 12.3 Å². The Hall–Kier alpha value is -3.78. The lowest BCUT2D eigenvalue weighted by atomic mass is 9.76. The number of esters is 1. The fourth-order valence-corrected chi connectivity index (χ4v) is 5.56. The van der Waals surface area contributed by atoms with Crippen molar-refractivity contribution in [2.45, 2.75) is 58.2 Å². The zero-order valence-electron chi connectivity index (χ0n) is 23.6. The van der Waals surface area contributed by atoms with Gasteiger partial charge >= 0.3 is 5.97 Å². The minimum absolute atomic E-state index is 0.237. The highest BCUT2D eigenvalue weighted by Gasteiger charge is 2.44. The SMILES string of the molecule is CCOC(=O)c1nn(C(c2ccccc2)(c2ccccc2)c2ccccc2)c2c1CN(C(O)OC(C)(C)C)CC2. The highest BCUT2D eigenvalue weighted by atomic mass is 16.6. The van der Waals surface area contributed by atoms with E-state index in [0.29, 0.717) is 19.5 Å². The minimum atomic E-state index is -1.12. The lowest BCUT2D eigenvalue weighted by Gasteiger charge is -2.39. The number of aromatic nitrogens is 2. The van der Waals surface area contributed by atoms with Crippen molar-refractivity contribution in [3.63, 3.8) is 0 Å². The van der Waals surface area contributed by atoms with Crippen molar-refractivity contribution >= 4 is 5.97 Å². The van der Waals surface area contributed by atoms with Crippen LogP contribution in [0.25, 0.3) is 0 Å². The van der Waals surface area contributed by atoms with Crippen LogP contribution >= 0.6 is 0 Å². The Morgan fingerprint density at radius 3 is 1.85 bits per heavy atom. The third-order valence-corrected chi connectivity index (χ3v) is 7.22. The number of ether oxygens (including phenoxy) is 2. The molecule has 0 spiro atoms. The van der Waals surface area contributed by atoms with E-state index in [2.05, 4.69) is 36.4 Å². The number of carbonyl (C=O) groups is 1. The van der Waals surface area contributed by atoms with Crippen LogP contribution in [0.2, 0.25) is 0 Å². The second kappa shape index (κ2) is 11.4. The van der Waals surface area contributed by atoms with Gasteiger partial charge < -0.3 is 14.6 Å². The molecule has 1 atom stereocenters. The van der Waals surface area contributed by atoms with Crippen LogP contribution in [0.15, 0.2) is 91.0 Å². The summed E-state index contributed by atoms with van der Waals surface area (Å²) in [6, 6.07) is 30.8. The van der Waals surface area contributed by atoms with E-state index < -0.39 is 23.5 Å². The molecule has 1 aliphatic rings. The van der Waals surface area contributed by atoms with Gasteiger partial charge in [-0.1, -0.05) is 91.0 Å². The van der Waals surface area contributed by atoms with Gasteiger partial charge in [-0.2, -0.15) is 5.10 Å². The second-order valence-corrected chi connectivity index (χ2v) is 11.0. The molecule has 0 radical (unpaired) electrons. The van der Waals surface area contributed by atoms with Crippen molar-refractivity contribution in [1.82, 2.24) is 14.7 Å². The summed E-state index contributed by atoms with van der Waals surface area (Å²) in [7, 11) is 0. The largest absolute Gasteiger partial charge is 0.461 e. The van der Waals surface area contributed by atoms with E-state index in [1.54, 1.807) is 6.92 Å². The van der Waals surface area contributed by atoms with Crippen molar-refractivity contribution in [3.05, 3.63) is 125 Å². The van der Waals surface area contributed by atoms with Gasteiger partial charge in [-0.3, -0.25) is 4.90 Å². The predicted molar refractivity (Wildman–Crippen MR) is 154 cm³/mol. The summed E-state index contributed by atoms with van der Waals surface area (Å²) in [4.78, 5) is 15.2. The van der Waals surface area contributed by atoms with Crippen LogP contribution in [0, 0.1) is 0 Å². The first kappa shape index (κ1) is 27.8. The van der Waals surface area contributed by atoms with Crippen molar-refractivity contribution in [3.8, 4) is 0 Å². The lowest BCUT2D eigenvalue weighted by molar-refractivity contribution is -0.242. The molecule has 3 aromatic carbocycles. The monoisotopic (exact) mass is 539 g/mol. The maximum Gasteiger partial charge on any atom is 0.359 e. The molecule has 4 aromatic rings. The first-order chi connectivity index (χ1) is 19.3. The molecule has 0 bridgehead atoms. The van der Waals surface area contributed by atoms with Gasteiger partial charge in [0.2, 0.25) is 6.41 Å². The van der Waals surface area contributed by atoms with E-state index >= 15 is 0 Å². The van der Waals surface area contributed by atoms with Gasteiger partial charge in [-0.25, -0.2) is 9.48 Å². The highest BCUT2D eigenvalue weighted by molar-refractivity contribution is 5.89. The van der Waals surface area contributed by atoms with Crippen molar-refractivity contribution in [1.29, 1.82) is 0 Å². The van der Waals surface area contributed by atoms with Crippen LogP contribution in [0.3, 0.4) is 0 Å². The summed E-state index contributed by atoms with van der Waals surface area (Å²) >= 11 is 0. The second-order valence-electron chi connectivity index (χ2n) is 11.0. The molecule has 0 fully saturated rings. The van der Waals surface area contributed by atoms with Crippen LogP contribution in [0.4, 0.5) is 0 Å². The van der Waals surface area contributed by atoms with Gasteiger partial charge in [0.1, 0.15) is 5.54 Å². The topological polar surface area (TPSA) is 76.8 Å². The quantitative estimate of drug-likeness (QED) is 0.185. The Morgan fingerprint density at radius 1 is 0.900 bits per heavy atom. The maximum atomic E-state index is 13.4. The minimum Gasteiger partial charge on any atom is -0.461 e. The summed E-state index contributed by atoms with van der Waals surface area (Å²) in [6.45, 7) is 8.57. The molecule has 40 heavy (non-hydrogen) atoms. The first-order valence-electron chi connectivity index (χ1n) is 13.8. The van der Waals surface area contributed by atoms with Crippen LogP contribution in [-0.4, -0.2) is 50.9 Å². The Bertz CT molecular complexity index is 1330. The van der Waals surface area contributed by atoms with Crippen molar-refractivity contribution in [2.24, 2.45) is 0 Å². The molecule has 0 amide bonds. The predicted octanol–water partition coefficient (Wildman–Crippen LogP) is 5.35. The number of nitrogens with zero attached hydrogens (tertiary/aromatic N) is 3. The number of rotatable bonds is 8. The van der Waals surface area contributed by atoms with Gasteiger partial charge in [0.25, 0.3) is 0 Å². The Morgan fingerprint density at radius 2 is 1.40 bits per heavy atom. The third kappa shape index (κ3) is 5.20. The molecular formula is C33H37N3O4. The van der Waals surface area contributed by atoms with E-state index in [1.807, 2.05) is 85.0 Å². The molecule has 0 saturated carbocycles. The van der Waals surface area contributed by atoms with Gasteiger partial charge in [0.15, 0.2) is 5.69 Å². The number of aliphatic hydroxyl groups is 1. The number of carbonyl (C=O) groups excluding carboxylic acids is 1. The molecule has 5 rings (SSSR count). The summed E-state index contributed by atoms with van der Waals surface area (Å²) in [5.41, 5.74) is 3.60. The molecule has 1 aromatic heterocycles. The summed E-state index contributed by atoms with van der Waals surface area (Å²) in [5.74, 6) is -0.478. The van der Waals surface area contributed by atoms with Crippen molar-refractivity contribution < 1.29 is 19.4 Å². The lowest BCUT2D eigenvalue weighted by Crippen LogP contribution is -2.46.